The van der Waals surface area contributed by atoms with Crippen molar-refractivity contribution in [1.82, 2.24) is 14.5 Å². The monoisotopic (exact) mass is 529 g/mol. The van der Waals surface area contributed by atoms with Gasteiger partial charge in [-0.3, -0.25) is 4.90 Å². The Morgan fingerprint density at radius 1 is 1.05 bits per heavy atom. The molecule has 3 saturated heterocycles. The van der Waals surface area contributed by atoms with Gasteiger partial charge in [0.1, 0.15) is 0 Å². The van der Waals surface area contributed by atoms with Crippen molar-refractivity contribution < 1.29 is 23.0 Å². The predicted octanol–water partition coefficient (Wildman–Crippen LogP) is 2.47. The van der Waals surface area contributed by atoms with E-state index in [0.29, 0.717) is 44.0 Å². The molecule has 3 aliphatic rings. The molecule has 0 radical (unpaired) electrons. The zero-order chi connectivity index (χ0) is 25.9. The van der Waals surface area contributed by atoms with E-state index in [-0.39, 0.29) is 11.6 Å². The molecular weight excluding hydrogens is 490 g/mol. The van der Waals surface area contributed by atoms with Gasteiger partial charge in [0.2, 0.25) is 10.0 Å². The molecule has 8 nitrogen and oxygen atoms in total. The smallest absolute Gasteiger partial charge is 0.243 e. The maximum atomic E-state index is 13.5. The third-order valence-electron chi connectivity index (χ3n) is 7.81. The topological polar surface area (TPSA) is 91.3 Å². The van der Waals surface area contributed by atoms with Crippen LogP contribution in [-0.4, -0.2) is 93.0 Å². The molecule has 202 valence electrons. The second kappa shape index (κ2) is 11.5. The van der Waals surface area contributed by atoms with Crippen LogP contribution in [0.4, 0.5) is 0 Å². The van der Waals surface area contributed by atoms with Crippen LogP contribution in [-0.2, 0) is 26.0 Å². The summed E-state index contributed by atoms with van der Waals surface area (Å²) < 4.78 is 40.2. The van der Waals surface area contributed by atoms with Gasteiger partial charge in [-0.1, -0.05) is 36.4 Å². The third-order valence-corrected chi connectivity index (χ3v) is 9.71. The van der Waals surface area contributed by atoms with E-state index in [9.17, 15) is 13.5 Å². The number of ether oxygens (including phenoxy) is 2. The van der Waals surface area contributed by atoms with E-state index in [4.69, 9.17) is 9.47 Å². The van der Waals surface area contributed by atoms with Gasteiger partial charge < -0.3 is 19.9 Å². The van der Waals surface area contributed by atoms with Crippen molar-refractivity contribution in [3.63, 3.8) is 0 Å². The summed E-state index contributed by atoms with van der Waals surface area (Å²) in [4.78, 5) is 2.72. The van der Waals surface area contributed by atoms with Crippen molar-refractivity contribution in [1.29, 1.82) is 0 Å². The Bertz CT molecular complexity index is 1140. The molecule has 37 heavy (non-hydrogen) atoms. The maximum Gasteiger partial charge on any atom is 0.243 e. The number of morpholine rings is 1. The maximum absolute atomic E-state index is 13.5. The first kappa shape index (κ1) is 26.7. The van der Waals surface area contributed by atoms with Gasteiger partial charge in [0.15, 0.2) is 0 Å². The highest BCUT2D eigenvalue weighted by Gasteiger charge is 2.44. The molecule has 9 heteroatoms. The van der Waals surface area contributed by atoms with Crippen molar-refractivity contribution in [3.8, 4) is 11.1 Å². The van der Waals surface area contributed by atoms with Gasteiger partial charge in [0.25, 0.3) is 0 Å². The van der Waals surface area contributed by atoms with Gasteiger partial charge in [-0.05, 0) is 55.0 Å². The summed E-state index contributed by atoms with van der Waals surface area (Å²) in [7, 11) is -3.59. The molecule has 3 fully saturated rings. The van der Waals surface area contributed by atoms with E-state index in [1.165, 1.54) is 5.56 Å². The number of nitrogens with zero attached hydrogens (tertiary/aromatic N) is 2. The SMILES string of the molecule is CC(O)CN[C@H]1COC2(CCN(S(=O)(=O)c3cccc(-c4ccc(CN5CCOCC5)cc4)c3)CC2)C1. The molecule has 2 aromatic carbocycles. The molecule has 0 aromatic heterocycles. The summed E-state index contributed by atoms with van der Waals surface area (Å²) in [6, 6.07) is 15.9. The minimum Gasteiger partial charge on any atom is -0.392 e. The fourth-order valence-electron chi connectivity index (χ4n) is 5.60. The summed E-state index contributed by atoms with van der Waals surface area (Å²) in [5.41, 5.74) is 2.89. The van der Waals surface area contributed by atoms with Gasteiger partial charge in [-0.2, -0.15) is 4.31 Å². The highest BCUT2D eigenvalue weighted by molar-refractivity contribution is 7.89. The summed E-state index contributed by atoms with van der Waals surface area (Å²) >= 11 is 0. The van der Waals surface area contributed by atoms with Crippen LogP contribution in [0, 0.1) is 0 Å². The van der Waals surface area contributed by atoms with Gasteiger partial charge in [-0.15, -0.1) is 0 Å². The van der Waals surface area contributed by atoms with E-state index in [0.717, 1.165) is 50.4 Å². The molecular formula is C28H39N3O5S. The van der Waals surface area contributed by atoms with Crippen molar-refractivity contribution in [2.75, 3.05) is 52.5 Å². The molecule has 2 aromatic rings. The van der Waals surface area contributed by atoms with Crippen molar-refractivity contribution in [3.05, 3.63) is 54.1 Å². The highest BCUT2D eigenvalue weighted by Crippen LogP contribution is 2.37. The molecule has 0 bridgehead atoms. The van der Waals surface area contributed by atoms with Gasteiger partial charge in [0.05, 0.1) is 36.4 Å². The van der Waals surface area contributed by atoms with Crippen molar-refractivity contribution in [2.24, 2.45) is 0 Å². The summed E-state index contributed by atoms with van der Waals surface area (Å²) in [6.45, 7) is 8.17. The quantitative estimate of drug-likeness (QED) is 0.543. The number of aliphatic hydroxyl groups is 1. The van der Waals surface area contributed by atoms with Crippen LogP contribution in [0.15, 0.2) is 53.4 Å². The van der Waals surface area contributed by atoms with Gasteiger partial charge >= 0.3 is 0 Å². The Morgan fingerprint density at radius 2 is 1.78 bits per heavy atom. The molecule has 5 rings (SSSR count). The Hall–Kier alpha value is -1.85. The van der Waals surface area contributed by atoms with Crippen molar-refractivity contribution >= 4 is 10.0 Å². The number of aliphatic hydroxyl groups excluding tert-OH is 1. The first-order chi connectivity index (χ1) is 17.8. The lowest BCUT2D eigenvalue weighted by Crippen LogP contribution is -2.47. The van der Waals surface area contributed by atoms with Crippen LogP contribution in [0.5, 0.6) is 0 Å². The first-order valence-electron chi connectivity index (χ1n) is 13.4. The average Bonchev–Trinajstić information content (AvgIpc) is 3.31. The van der Waals surface area contributed by atoms with Crippen LogP contribution in [0.3, 0.4) is 0 Å². The zero-order valence-corrected chi connectivity index (χ0v) is 22.5. The van der Waals surface area contributed by atoms with Crippen LogP contribution < -0.4 is 5.32 Å². The lowest BCUT2D eigenvalue weighted by Gasteiger charge is -2.38. The summed E-state index contributed by atoms with van der Waals surface area (Å²) in [5.74, 6) is 0. The summed E-state index contributed by atoms with van der Waals surface area (Å²) in [6.07, 6.45) is 1.82. The summed E-state index contributed by atoms with van der Waals surface area (Å²) in [5, 5.41) is 12.9. The molecule has 1 spiro atoms. The first-order valence-corrected chi connectivity index (χ1v) is 14.8. The van der Waals surface area contributed by atoms with Crippen LogP contribution in [0.25, 0.3) is 11.1 Å². The minimum atomic E-state index is -3.59. The third kappa shape index (κ3) is 6.42. The molecule has 2 N–H and O–H groups in total. The standard InChI is InChI=1S/C28H39N3O5S/c1-22(32)19-29-26-18-28(36-21-26)9-11-31(12-10-28)37(33,34)27-4-2-3-25(17-27)24-7-5-23(6-8-24)20-30-13-15-35-16-14-30/h2-8,17,22,26,29,32H,9-16,18-21H2,1H3/t22?,26-/m1/s1. The second-order valence-corrected chi connectivity index (χ2v) is 12.6. The van der Waals surface area contributed by atoms with E-state index in [1.54, 1.807) is 23.4 Å². The van der Waals surface area contributed by atoms with E-state index >= 15 is 0 Å². The lowest BCUT2D eigenvalue weighted by molar-refractivity contribution is -0.0312. The Kier molecular flexibility index (Phi) is 8.31. The fourth-order valence-corrected chi connectivity index (χ4v) is 7.09. The number of hydrogen-bond acceptors (Lipinski definition) is 7. The van der Waals surface area contributed by atoms with Crippen LogP contribution in [0.1, 0.15) is 31.7 Å². The van der Waals surface area contributed by atoms with Gasteiger partial charge in [0, 0.05) is 45.3 Å². The Balaban J connectivity index is 1.21. The van der Waals surface area contributed by atoms with E-state index < -0.39 is 16.1 Å². The van der Waals surface area contributed by atoms with Crippen molar-refractivity contribution in [2.45, 2.75) is 55.4 Å². The molecule has 0 saturated carbocycles. The highest BCUT2D eigenvalue weighted by atomic mass is 32.2. The zero-order valence-electron chi connectivity index (χ0n) is 21.6. The molecule has 3 heterocycles. The van der Waals surface area contributed by atoms with Crippen LogP contribution in [0.2, 0.25) is 0 Å². The Labute approximate surface area is 220 Å². The molecule has 0 aliphatic carbocycles. The largest absolute Gasteiger partial charge is 0.392 e. The average molecular weight is 530 g/mol. The molecule has 3 aliphatic heterocycles. The van der Waals surface area contributed by atoms with Crippen LogP contribution >= 0.6 is 0 Å². The number of piperidine rings is 1. The lowest BCUT2D eigenvalue weighted by atomic mass is 9.88. The van der Waals surface area contributed by atoms with E-state index in [1.807, 2.05) is 12.1 Å². The fraction of sp³-hybridized carbons (Fsp3) is 0.571. The second-order valence-electron chi connectivity index (χ2n) is 10.7. The Morgan fingerprint density at radius 3 is 2.49 bits per heavy atom. The van der Waals surface area contributed by atoms with E-state index in [2.05, 4.69) is 34.5 Å². The normalized spacial score (nSPS) is 23.9. The van der Waals surface area contributed by atoms with Gasteiger partial charge in [-0.25, -0.2) is 8.42 Å². The minimum absolute atomic E-state index is 0.203. The number of hydrogen-bond donors (Lipinski definition) is 2. The number of sulfonamides is 1. The number of benzene rings is 2. The molecule has 0 amide bonds. The number of rotatable bonds is 8. The predicted molar refractivity (Wildman–Crippen MR) is 143 cm³/mol. The molecule has 2 atom stereocenters. The molecule has 1 unspecified atom stereocenters. The number of nitrogens with one attached hydrogen (secondary N) is 1.